The van der Waals surface area contributed by atoms with E-state index in [1.165, 1.54) is 0 Å². The number of rotatable bonds is 3. The molecule has 0 unspecified atom stereocenters. The Morgan fingerprint density at radius 2 is 1.82 bits per heavy atom. The summed E-state index contributed by atoms with van der Waals surface area (Å²) in [5.74, 6) is 0.296. The first-order valence-electron chi connectivity index (χ1n) is 5.31. The van der Waals surface area contributed by atoms with Crippen LogP contribution in [0.2, 0.25) is 0 Å². The van der Waals surface area contributed by atoms with E-state index in [1.54, 1.807) is 6.07 Å². The van der Waals surface area contributed by atoms with E-state index in [4.69, 9.17) is 5.73 Å². The second-order valence-corrected chi connectivity index (χ2v) is 3.85. The quantitative estimate of drug-likeness (QED) is 0.818. The van der Waals surface area contributed by atoms with Crippen LogP contribution >= 0.6 is 12.4 Å². The van der Waals surface area contributed by atoms with Gasteiger partial charge in [0.2, 0.25) is 0 Å². The second kappa shape index (κ2) is 5.71. The first-order chi connectivity index (χ1) is 7.74. The summed E-state index contributed by atoms with van der Waals surface area (Å²) < 4.78 is 0. The fraction of sp³-hybridized carbons (Fsp3) is 0.143. The Balaban J connectivity index is 0.00000144. The van der Waals surface area contributed by atoms with Gasteiger partial charge in [-0.05, 0) is 23.4 Å². The number of phenols is 1. The van der Waals surface area contributed by atoms with Crippen LogP contribution in [0.15, 0.2) is 49.1 Å². The maximum atomic E-state index is 9.75. The molecule has 0 aliphatic heterocycles. The van der Waals surface area contributed by atoms with Gasteiger partial charge in [0.1, 0.15) is 5.75 Å². The van der Waals surface area contributed by atoms with Crippen LogP contribution in [0.4, 0.5) is 0 Å². The van der Waals surface area contributed by atoms with E-state index in [2.05, 4.69) is 6.58 Å². The topological polar surface area (TPSA) is 46.2 Å². The van der Waals surface area contributed by atoms with E-state index in [0.717, 1.165) is 22.8 Å². The summed E-state index contributed by atoms with van der Waals surface area (Å²) in [6.45, 7) is 3.69. The van der Waals surface area contributed by atoms with E-state index >= 15 is 0 Å². The number of fused-ring (bicyclic) bond motifs is 1. The first kappa shape index (κ1) is 13.6. The van der Waals surface area contributed by atoms with Crippen molar-refractivity contribution >= 4 is 23.2 Å². The lowest BCUT2D eigenvalue weighted by atomic mass is 9.97. The molecule has 2 aromatic rings. The van der Waals surface area contributed by atoms with Crippen molar-refractivity contribution in [3.63, 3.8) is 0 Å². The van der Waals surface area contributed by atoms with Gasteiger partial charge in [0.25, 0.3) is 0 Å². The molecular weight excluding hydrogens is 234 g/mol. The smallest absolute Gasteiger partial charge is 0.123 e. The molecule has 0 saturated carbocycles. The van der Waals surface area contributed by atoms with Crippen molar-refractivity contribution in [2.45, 2.75) is 12.5 Å². The average Bonchev–Trinajstić information content (AvgIpc) is 2.30. The minimum absolute atomic E-state index is 0. The molecule has 0 fully saturated rings. The molecular formula is C14H16ClNO. The molecule has 2 nitrogen and oxygen atoms in total. The molecule has 2 rings (SSSR count). The highest BCUT2D eigenvalue weighted by Gasteiger charge is 2.10. The lowest BCUT2D eigenvalue weighted by Gasteiger charge is -2.13. The van der Waals surface area contributed by atoms with Crippen molar-refractivity contribution in [1.29, 1.82) is 0 Å². The minimum Gasteiger partial charge on any atom is -0.507 e. The molecule has 0 aliphatic rings. The number of nitrogens with two attached hydrogens (primary N) is 1. The van der Waals surface area contributed by atoms with Crippen LogP contribution < -0.4 is 5.73 Å². The van der Waals surface area contributed by atoms with Gasteiger partial charge in [0.15, 0.2) is 0 Å². The fourth-order valence-corrected chi connectivity index (χ4v) is 1.94. The number of phenolic OH excluding ortho intramolecular Hbond substituents is 1. The van der Waals surface area contributed by atoms with E-state index in [0.29, 0.717) is 5.75 Å². The van der Waals surface area contributed by atoms with Gasteiger partial charge >= 0.3 is 0 Å². The Labute approximate surface area is 107 Å². The lowest BCUT2D eigenvalue weighted by molar-refractivity contribution is 0.481. The molecule has 1 atom stereocenters. The van der Waals surface area contributed by atoms with Crippen molar-refractivity contribution in [3.8, 4) is 5.75 Å². The maximum Gasteiger partial charge on any atom is 0.123 e. The SMILES string of the molecule is C=CC[C@H](N)c1ccc(O)c2ccccc12.Cl. The highest BCUT2D eigenvalue weighted by molar-refractivity contribution is 5.91. The van der Waals surface area contributed by atoms with Gasteiger partial charge in [0.05, 0.1) is 0 Å². The van der Waals surface area contributed by atoms with E-state index < -0.39 is 0 Å². The molecule has 0 saturated heterocycles. The molecule has 0 bridgehead atoms. The van der Waals surface area contributed by atoms with Crippen molar-refractivity contribution < 1.29 is 5.11 Å². The van der Waals surface area contributed by atoms with Gasteiger partial charge < -0.3 is 10.8 Å². The van der Waals surface area contributed by atoms with Crippen molar-refractivity contribution in [1.82, 2.24) is 0 Å². The van der Waals surface area contributed by atoms with Crippen LogP contribution in [0.5, 0.6) is 5.75 Å². The van der Waals surface area contributed by atoms with Crippen LogP contribution in [0.1, 0.15) is 18.0 Å². The molecule has 90 valence electrons. The Kier molecular flexibility index (Phi) is 4.55. The van der Waals surface area contributed by atoms with Crippen LogP contribution in [0.25, 0.3) is 10.8 Å². The zero-order valence-electron chi connectivity index (χ0n) is 9.47. The Hall–Kier alpha value is -1.51. The summed E-state index contributed by atoms with van der Waals surface area (Å²) in [6, 6.07) is 11.2. The largest absolute Gasteiger partial charge is 0.507 e. The number of halogens is 1. The zero-order valence-corrected chi connectivity index (χ0v) is 10.3. The monoisotopic (exact) mass is 249 g/mol. The minimum atomic E-state index is -0.0667. The summed E-state index contributed by atoms with van der Waals surface area (Å²) in [5, 5.41) is 11.6. The molecule has 0 heterocycles. The molecule has 17 heavy (non-hydrogen) atoms. The van der Waals surface area contributed by atoms with Crippen LogP contribution in [0, 0.1) is 0 Å². The Morgan fingerprint density at radius 1 is 1.18 bits per heavy atom. The van der Waals surface area contributed by atoms with Crippen LogP contribution in [-0.4, -0.2) is 5.11 Å². The van der Waals surface area contributed by atoms with E-state index in [9.17, 15) is 5.11 Å². The van der Waals surface area contributed by atoms with Crippen LogP contribution in [-0.2, 0) is 0 Å². The van der Waals surface area contributed by atoms with Gasteiger partial charge in [-0.3, -0.25) is 0 Å². The summed E-state index contributed by atoms with van der Waals surface area (Å²) in [4.78, 5) is 0. The molecule has 0 aliphatic carbocycles. The van der Waals surface area contributed by atoms with Crippen molar-refractivity contribution in [2.75, 3.05) is 0 Å². The standard InChI is InChI=1S/C14H15NO.ClH/c1-2-5-13(15)11-8-9-14(16)12-7-4-3-6-10(11)12;/h2-4,6-9,13,16H,1,5,15H2;1H/t13-;/m0./s1. The third kappa shape index (κ3) is 2.60. The molecule has 0 aromatic heterocycles. The zero-order chi connectivity index (χ0) is 11.5. The highest BCUT2D eigenvalue weighted by Crippen LogP contribution is 2.30. The van der Waals surface area contributed by atoms with Gasteiger partial charge in [-0.2, -0.15) is 0 Å². The lowest BCUT2D eigenvalue weighted by Crippen LogP contribution is -2.09. The summed E-state index contributed by atoms with van der Waals surface area (Å²) in [5.41, 5.74) is 7.12. The maximum absolute atomic E-state index is 9.75. The van der Waals surface area contributed by atoms with Gasteiger partial charge in [-0.15, -0.1) is 19.0 Å². The van der Waals surface area contributed by atoms with Crippen molar-refractivity contribution in [2.24, 2.45) is 5.73 Å². The fourth-order valence-electron chi connectivity index (χ4n) is 1.94. The van der Waals surface area contributed by atoms with E-state index in [1.807, 2.05) is 36.4 Å². The Morgan fingerprint density at radius 3 is 2.47 bits per heavy atom. The van der Waals surface area contributed by atoms with Crippen LogP contribution in [0.3, 0.4) is 0 Å². The molecule has 2 aromatic carbocycles. The van der Waals surface area contributed by atoms with Gasteiger partial charge in [0, 0.05) is 11.4 Å². The number of hydrogen-bond acceptors (Lipinski definition) is 2. The summed E-state index contributed by atoms with van der Waals surface area (Å²) in [7, 11) is 0. The summed E-state index contributed by atoms with van der Waals surface area (Å²) >= 11 is 0. The molecule has 0 spiro atoms. The molecule has 0 radical (unpaired) electrons. The third-order valence-corrected chi connectivity index (χ3v) is 2.75. The Bertz CT molecular complexity index is 525. The second-order valence-electron chi connectivity index (χ2n) is 3.85. The normalized spacial score (nSPS) is 11.8. The number of benzene rings is 2. The molecule has 0 amide bonds. The average molecular weight is 250 g/mol. The van der Waals surface area contributed by atoms with Gasteiger partial charge in [-0.1, -0.05) is 36.4 Å². The molecule has 3 N–H and O–H groups in total. The number of hydrogen-bond donors (Lipinski definition) is 2. The highest BCUT2D eigenvalue weighted by atomic mass is 35.5. The predicted molar refractivity (Wildman–Crippen MR) is 74.6 cm³/mol. The molecule has 3 heteroatoms. The summed E-state index contributed by atoms with van der Waals surface area (Å²) in [6.07, 6.45) is 2.54. The van der Waals surface area contributed by atoms with Gasteiger partial charge in [-0.25, -0.2) is 0 Å². The van der Waals surface area contributed by atoms with E-state index in [-0.39, 0.29) is 18.4 Å². The third-order valence-electron chi connectivity index (χ3n) is 2.75. The van der Waals surface area contributed by atoms with Crippen molar-refractivity contribution in [3.05, 3.63) is 54.6 Å². The predicted octanol–water partition coefficient (Wildman–Crippen LogP) is 3.54. The first-order valence-corrected chi connectivity index (χ1v) is 5.31. The number of aromatic hydroxyl groups is 1.